The molecule has 2 aliphatic carbocycles. The van der Waals surface area contributed by atoms with Gasteiger partial charge >= 0.3 is 11.9 Å². The van der Waals surface area contributed by atoms with Crippen LogP contribution in [0.3, 0.4) is 0 Å². The average molecular weight is 585 g/mol. The normalized spacial score (nSPS) is 37.7. The Hall–Kier alpha value is -0.893. The first-order valence-corrected chi connectivity index (χ1v) is 18.3. The van der Waals surface area contributed by atoms with Gasteiger partial charge in [0.2, 0.25) is 0 Å². The van der Waals surface area contributed by atoms with Gasteiger partial charge in [-0.25, -0.2) is 0 Å². The molecule has 8 unspecified atom stereocenters. The Balaban J connectivity index is 1.80. The van der Waals surface area contributed by atoms with Gasteiger partial charge in [-0.05, 0) is 75.4 Å². The van der Waals surface area contributed by atoms with Gasteiger partial charge < -0.3 is 19.0 Å². The highest BCUT2D eigenvalue weighted by Gasteiger charge is 2.58. The van der Waals surface area contributed by atoms with Crippen LogP contribution < -0.4 is 0 Å². The van der Waals surface area contributed by atoms with E-state index < -0.39 is 30.8 Å². The van der Waals surface area contributed by atoms with E-state index in [0.717, 1.165) is 6.42 Å². The number of fused-ring (bicyclic) bond motifs is 1. The third kappa shape index (κ3) is 6.95. The summed E-state index contributed by atoms with van der Waals surface area (Å²) in [4.78, 5) is 25.7. The van der Waals surface area contributed by atoms with Crippen molar-refractivity contribution in [3.8, 4) is 0 Å². The Morgan fingerprint density at radius 1 is 1.18 bits per heavy atom. The van der Waals surface area contributed by atoms with Crippen molar-refractivity contribution in [3.05, 3.63) is 12.2 Å². The maximum atomic E-state index is 13.2. The molecule has 224 valence electrons. The molecule has 0 bridgehead atoms. The third-order valence-electron chi connectivity index (χ3n) is 10.3. The SMILES string of the molecule is CCC(C)(C)C(=O)OC1CC(C)C(Cl)[C@]2(O)C=CC(C)C(CCC3CC(O[Si](C)(C)C(C)(C)C)CC(=O)O3)C12. The molecule has 0 radical (unpaired) electrons. The largest absolute Gasteiger partial charge is 0.462 e. The number of carbonyl (C=O) groups excluding carboxylic acids is 2. The molecular weight excluding hydrogens is 532 g/mol. The van der Waals surface area contributed by atoms with Gasteiger partial charge in [0.25, 0.3) is 0 Å². The van der Waals surface area contributed by atoms with Crippen LogP contribution in [-0.4, -0.2) is 54.7 Å². The quantitative estimate of drug-likeness (QED) is 0.143. The molecule has 1 heterocycles. The summed E-state index contributed by atoms with van der Waals surface area (Å²) in [6.07, 6.45) is 6.77. The first-order chi connectivity index (χ1) is 17.8. The van der Waals surface area contributed by atoms with E-state index in [1.807, 2.05) is 33.8 Å². The number of hydrogen-bond acceptors (Lipinski definition) is 6. The van der Waals surface area contributed by atoms with Crippen LogP contribution in [0.5, 0.6) is 0 Å². The van der Waals surface area contributed by atoms with Gasteiger partial charge in [0.05, 0.1) is 23.3 Å². The van der Waals surface area contributed by atoms with E-state index in [-0.39, 0.29) is 52.9 Å². The summed E-state index contributed by atoms with van der Waals surface area (Å²) in [6, 6.07) is 0. The lowest BCUT2D eigenvalue weighted by atomic mass is 9.58. The number of alkyl halides is 1. The van der Waals surface area contributed by atoms with Crippen LogP contribution in [0.2, 0.25) is 18.1 Å². The Bertz CT molecular complexity index is 927. The van der Waals surface area contributed by atoms with Crippen molar-refractivity contribution in [1.29, 1.82) is 0 Å². The van der Waals surface area contributed by atoms with E-state index in [4.69, 9.17) is 25.5 Å². The highest BCUT2D eigenvalue weighted by Crippen LogP contribution is 2.52. The van der Waals surface area contributed by atoms with Crippen molar-refractivity contribution in [2.45, 2.75) is 141 Å². The number of aliphatic hydroxyl groups is 1. The fourth-order valence-corrected chi connectivity index (χ4v) is 7.94. The summed E-state index contributed by atoms with van der Waals surface area (Å²) in [7, 11) is -2.02. The maximum Gasteiger partial charge on any atom is 0.311 e. The summed E-state index contributed by atoms with van der Waals surface area (Å²) < 4.78 is 18.6. The minimum absolute atomic E-state index is 0.0123. The van der Waals surface area contributed by atoms with Crippen molar-refractivity contribution < 1.29 is 28.6 Å². The van der Waals surface area contributed by atoms with Crippen LogP contribution in [0.15, 0.2) is 12.2 Å². The summed E-state index contributed by atoms with van der Waals surface area (Å²) >= 11 is 6.88. The zero-order chi connectivity index (χ0) is 29.6. The number of ether oxygens (including phenoxy) is 2. The van der Waals surface area contributed by atoms with Gasteiger partial charge in [-0.1, -0.05) is 53.7 Å². The first kappa shape index (κ1) is 32.6. The van der Waals surface area contributed by atoms with Gasteiger partial charge in [0, 0.05) is 12.3 Å². The molecule has 8 heteroatoms. The molecule has 1 saturated carbocycles. The second kappa shape index (κ2) is 11.8. The minimum atomic E-state index is -2.02. The van der Waals surface area contributed by atoms with Crippen LogP contribution in [0.25, 0.3) is 0 Å². The van der Waals surface area contributed by atoms with Gasteiger partial charge in [-0.2, -0.15) is 0 Å². The van der Waals surface area contributed by atoms with Crippen LogP contribution >= 0.6 is 11.6 Å². The third-order valence-corrected chi connectivity index (χ3v) is 15.6. The van der Waals surface area contributed by atoms with Gasteiger partial charge in [0.15, 0.2) is 8.32 Å². The molecule has 0 aromatic heterocycles. The smallest absolute Gasteiger partial charge is 0.311 e. The van der Waals surface area contributed by atoms with E-state index in [9.17, 15) is 14.7 Å². The topological polar surface area (TPSA) is 82.1 Å². The van der Waals surface area contributed by atoms with Crippen molar-refractivity contribution >= 4 is 31.9 Å². The lowest BCUT2D eigenvalue weighted by molar-refractivity contribution is -0.183. The zero-order valence-electron chi connectivity index (χ0n) is 25.9. The monoisotopic (exact) mass is 584 g/mol. The molecule has 0 aromatic rings. The summed E-state index contributed by atoms with van der Waals surface area (Å²) in [5, 5.41) is 11.6. The molecule has 6 nitrogen and oxygen atoms in total. The molecule has 3 aliphatic rings. The molecule has 1 N–H and O–H groups in total. The number of halogens is 1. The Kier molecular flexibility index (Phi) is 9.85. The van der Waals surface area contributed by atoms with Crippen LogP contribution in [0, 0.1) is 29.1 Å². The maximum absolute atomic E-state index is 13.2. The Morgan fingerprint density at radius 3 is 2.41 bits per heavy atom. The van der Waals surface area contributed by atoms with E-state index >= 15 is 0 Å². The number of carbonyl (C=O) groups is 2. The predicted octanol–water partition coefficient (Wildman–Crippen LogP) is 7.03. The number of esters is 2. The van der Waals surface area contributed by atoms with Crippen molar-refractivity contribution in [3.63, 3.8) is 0 Å². The summed E-state index contributed by atoms with van der Waals surface area (Å²) in [5.41, 5.74) is -1.87. The second-order valence-electron chi connectivity index (χ2n) is 14.7. The molecule has 0 aromatic carbocycles. The van der Waals surface area contributed by atoms with E-state index in [0.29, 0.717) is 32.1 Å². The molecule has 0 amide bonds. The number of cyclic esters (lactones) is 1. The highest BCUT2D eigenvalue weighted by molar-refractivity contribution is 6.74. The minimum Gasteiger partial charge on any atom is -0.462 e. The van der Waals surface area contributed by atoms with E-state index in [2.05, 4.69) is 46.9 Å². The molecule has 1 aliphatic heterocycles. The Morgan fingerprint density at radius 2 is 1.82 bits per heavy atom. The second-order valence-corrected chi connectivity index (χ2v) is 19.9. The molecule has 2 fully saturated rings. The predicted molar refractivity (Wildman–Crippen MR) is 158 cm³/mol. The molecular formula is C31H53ClO6Si. The molecule has 1 saturated heterocycles. The number of hydrogen-bond donors (Lipinski definition) is 1. The molecule has 3 rings (SSSR count). The van der Waals surface area contributed by atoms with Crippen LogP contribution in [0.4, 0.5) is 0 Å². The average Bonchev–Trinajstić information content (AvgIpc) is 2.81. The van der Waals surface area contributed by atoms with Crippen molar-refractivity contribution in [2.24, 2.45) is 29.1 Å². The van der Waals surface area contributed by atoms with Gasteiger partial charge in [-0.15, -0.1) is 11.6 Å². The van der Waals surface area contributed by atoms with Gasteiger partial charge in [0.1, 0.15) is 17.8 Å². The lowest BCUT2D eigenvalue weighted by Gasteiger charge is -2.54. The number of allylic oxidation sites excluding steroid dienone is 1. The molecule has 9 atom stereocenters. The standard InChI is InChI=1S/C31H53ClO6Si/c1-11-30(7,8)28(34)37-24-16-20(3)27(32)31(35)15-14-19(2)23(26(24)31)13-12-21-17-22(18-25(33)36-21)38-39(9,10)29(4,5)6/h14-15,19-24,26-27,35H,11-13,16-18H2,1-10H3/t19?,20?,21?,22?,23?,24?,26?,27?,31-/m0/s1. The summed E-state index contributed by atoms with van der Waals surface area (Å²) in [6.45, 7) is 21.0. The number of rotatable bonds is 8. The zero-order valence-corrected chi connectivity index (χ0v) is 27.6. The first-order valence-electron chi connectivity index (χ1n) is 15.0. The highest BCUT2D eigenvalue weighted by atomic mass is 35.5. The fraction of sp³-hybridized carbons (Fsp3) is 0.871. The Labute approximate surface area is 242 Å². The van der Waals surface area contributed by atoms with Gasteiger partial charge in [-0.3, -0.25) is 9.59 Å². The van der Waals surface area contributed by atoms with Crippen molar-refractivity contribution in [2.75, 3.05) is 0 Å². The van der Waals surface area contributed by atoms with Crippen LogP contribution in [0.1, 0.15) is 93.9 Å². The van der Waals surface area contributed by atoms with Crippen LogP contribution in [-0.2, 0) is 23.5 Å². The van der Waals surface area contributed by atoms with E-state index in [1.54, 1.807) is 0 Å². The summed E-state index contributed by atoms with van der Waals surface area (Å²) in [5.74, 6) is -0.592. The lowest BCUT2D eigenvalue weighted by Crippen LogP contribution is -2.62. The molecule has 39 heavy (non-hydrogen) atoms. The van der Waals surface area contributed by atoms with Crippen molar-refractivity contribution in [1.82, 2.24) is 0 Å². The molecule has 0 spiro atoms. The fourth-order valence-electron chi connectivity index (χ4n) is 6.26. The van der Waals surface area contributed by atoms with E-state index in [1.165, 1.54) is 0 Å².